The molecule has 19 heavy (non-hydrogen) atoms. The highest BCUT2D eigenvalue weighted by atomic mass is 79.9. The number of carbonyl (C=O) groups is 1. The second-order valence-electron chi connectivity index (χ2n) is 3.96. The van der Waals surface area contributed by atoms with Crippen LogP contribution in [0.4, 0.5) is 4.39 Å². The average Bonchev–Trinajstić information content (AvgIpc) is 2.37. The van der Waals surface area contributed by atoms with Crippen molar-refractivity contribution >= 4 is 33.8 Å². The minimum Gasteiger partial charge on any atom is -0.455 e. The van der Waals surface area contributed by atoms with Crippen LogP contribution in [0.2, 0.25) is 5.02 Å². The Morgan fingerprint density at radius 3 is 2.68 bits per heavy atom. The third-order valence-corrected chi connectivity index (χ3v) is 3.40. The first-order valence-electron chi connectivity index (χ1n) is 5.39. The van der Waals surface area contributed by atoms with Crippen molar-refractivity contribution in [2.24, 2.45) is 0 Å². The van der Waals surface area contributed by atoms with Gasteiger partial charge in [0.15, 0.2) is 6.29 Å². The van der Waals surface area contributed by atoms with Gasteiger partial charge in [-0.15, -0.1) is 0 Å². The molecular formula is C14H9BrClFO2. The Hall–Kier alpha value is -1.39. The molecule has 2 nitrogen and oxygen atoms in total. The van der Waals surface area contributed by atoms with Crippen molar-refractivity contribution in [3.63, 3.8) is 0 Å². The maximum Gasteiger partial charge on any atom is 0.153 e. The number of aryl methyl sites for hydroxylation is 1. The van der Waals surface area contributed by atoms with Gasteiger partial charge < -0.3 is 4.74 Å². The van der Waals surface area contributed by atoms with E-state index in [1.165, 1.54) is 12.1 Å². The van der Waals surface area contributed by atoms with Crippen LogP contribution in [0.15, 0.2) is 34.8 Å². The maximum atomic E-state index is 13.4. The molecule has 2 aromatic carbocycles. The molecule has 0 amide bonds. The highest BCUT2D eigenvalue weighted by Gasteiger charge is 2.11. The summed E-state index contributed by atoms with van der Waals surface area (Å²) in [5.74, 6) is 0.0384. The summed E-state index contributed by atoms with van der Waals surface area (Å²) >= 11 is 8.89. The lowest BCUT2D eigenvalue weighted by Crippen LogP contribution is -1.93. The summed E-state index contributed by atoms with van der Waals surface area (Å²) in [5, 5.41) is -0.00116. The largest absolute Gasteiger partial charge is 0.455 e. The molecule has 0 saturated heterocycles. The zero-order chi connectivity index (χ0) is 14.0. The second kappa shape index (κ2) is 5.72. The Bertz CT molecular complexity index is 644. The van der Waals surface area contributed by atoms with Gasteiger partial charge >= 0.3 is 0 Å². The molecule has 2 aromatic rings. The lowest BCUT2D eigenvalue weighted by molar-refractivity contribution is 0.112. The summed E-state index contributed by atoms with van der Waals surface area (Å²) in [6, 6.07) is 7.74. The Balaban J connectivity index is 2.41. The third kappa shape index (κ3) is 3.14. The maximum absolute atomic E-state index is 13.4. The number of rotatable bonds is 3. The number of hydrogen-bond acceptors (Lipinski definition) is 2. The van der Waals surface area contributed by atoms with E-state index in [-0.39, 0.29) is 10.8 Å². The molecule has 0 aliphatic rings. The Morgan fingerprint density at radius 1 is 1.26 bits per heavy atom. The van der Waals surface area contributed by atoms with Gasteiger partial charge in [-0.05, 0) is 41.1 Å². The van der Waals surface area contributed by atoms with Crippen LogP contribution < -0.4 is 4.74 Å². The first kappa shape index (κ1) is 14.0. The number of aldehydes is 1. The zero-order valence-electron chi connectivity index (χ0n) is 9.91. The Kier molecular flexibility index (Phi) is 4.22. The van der Waals surface area contributed by atoms with Gasteiger partial charge in [0.25, 0.3) is 0 Å². The van der Waals surface area contributed by atoms with E-state index < -0.39 is 5.82 Å². The predicted molar refractivity (Wildman–Crippen MR) is 75.8 cm³/mol. The monoisotopic (exact) mass is 342 g/mol. The highest BCUT2D eigenvalue weighted by Crippen LogP contribution is 2.34. The molecule has 0 heterocycles. The number of hydrogen-bond donors (Lipinski definition) is 0. The van der Waals surface area contributed by atoms with Crippen LogP contribution in [0.3, 0.4) is 0 Å². The summed E-state index contributed by atoms with van der Waals surface area (Å²) in [6.07, 6.45) is 0.697. The molecule has 0 spiro atoms. The smallest absolute Gasteiger partial charge is 0.153 e. The van der Waals surface area contributed by atoms with Crippen molar-refractivity contribution in [3.05, 3.63) is 56.8 Å². The molecule has 0 aromatic heterocycles. The number of carbonyl (C=O) groups excluding carboxylic acids is 1. The number of benzene rings is 2. The quantitative estimate of drug-likeness (QED) is 0.569. The van der Waals surface area contributed by atoms with Gasteiger partial charge in [-0.1, -0.05) is 23.2 Å². The van der Waals surface area contributed by atoms with Gasteiger partial charge in [-0.3, -0.25) is 4.79 Å². The fourth-order valence-corrected chi connectivity index (χ4v) is 2.27. The average molecular weight is 344 g/mol. The molecule has 0 N–H and O–H groups in total. The van der Waals surface area contributed by atoms with Gasteiger partial charge in [0.1, 0.15) is 17.3 Å². The Morgan fingerprint density at radius 2 is 2.00 bits per heavy atom. The fourth-order valence-electron chi connectivity index (χ4n) is 1.55. The number of halogens is 3. The van der Waals surface area contributed by atoms with Crippen LogP contribution in [-0.4, -0.2) is 6.29 Å². The first-order chi connectivity index (χ1) is 9.01. The predicted octanol–water partition coefficient (Wildman–Crippen LogP) is 5.15. The topological polar surface area (TPSA) is 26.3 Å². The van der Waals surface area contributed by atoms with Crippen molar-refractivity contribution in [1.82, 2.24) is 0 Å². The molecule has 0 saturated carbocycles. The lowest BCUT2D eigenvalue weighted by Gasteiger charge is -2.11. The van der Waals surface area contributed by atoms with Gasteiger partial charge in [-0.25, -0.2) is 4.39 Å². The molecule has 5 heteroatoms. The second-order valence-corrected chi connectivity index (χ2v) is 5.22. The van der Waals surface area contributed by atoms with E-state index >= 15 is 0 Å². The van der Waals surface area contributed by atoms with Crippen molar-refractivity contribution in [3.8, 4) is 11.5 Å². The van der Waals surface area contributed by atoms with Gasteiger partial charge in [0.05, 0.1) is 15.1 Å². The molecule has 0 atom stereocenters. The third-order valence-electron chi connectivity index (χ3n) is 2.49. The normalized spacial score (nSPS) is 10.3. The Labute approximate surface area is 123 Å². The molecule has 0 unspecified atom stereocenters. The number of ether oxygens (including phenoxy) is 1. The zero-order valence-corrected chi connectivity index (χ0v) is 12.3. The van der Waals surface area contributed by atoms with E-state index in [2.05, 4.69) is 15.9 Å². The van der Waals surface area contributed by atoms with Crippen molar-refractivity contribution in [1.29, 1.82) is 0 Å². The lowest BCUT2D eigenvalue weighted by atomic mass is 10.1. The molecule has 0 aliphatic carbocycles. The minimum absolute atomic E-state index is 0.00116. The van der Waals surface area contributed by atoms with Crippen LogP contribution in [0.5, 0.6) is 11.5 Å². The molecule has 0 radical (unpaired) electrons. The fraction of sp³-hybridized carbons (Fsp3) is 0.0714. The van der Waals surface area contributed by atoms with E-state index in [0.29, 0.717) is 22.1 Å². The highest BCUT2D eigenvalue weighted by molar-refractivity contribution is 9.10. The summed E-state index contributed by atoms with van der Waals surface area (Å²) in [5.41, 5.74) is 1.35. The summed E-state index contributed by atoms with van der Waals surface area (Å²) in [7, 11) is 0. The molecule has 0 aliphatic heterocycles. The summed E-state index contributed by atoms with van der Waals surface area (Å²) < 4.78 is 19.5. The summed E-state index contributed by atoms with van der Waals surface area (Å²) in [6.45, 7) is 1.87. The standard InChI is InChI=1S/C14H9BrClFO2/c1-8-2-3-13(9(4-8)7-18)19-14-6-12(17)11(16)5-10(14)15/h2-7H,1H3. The van der Waals surface area contributed by atoms with E-state index in [1.54, 1.807) is 12.1 Å². The molecule has 0 bridgehead atoms. The van der Waals surface area contributed by atoms with E-state index in [4.69, 9.17) is 16.3 Å². The van der Waals surface area contributed by atoms with E-state index in [1.807, 2.05) is 13.0 Å². The first-order valence-corrected chi connectivity index (χ1v) is 6.56. The van der Waals surface area contributed by atoms with Crippen LogP contribution in [0.25, 0.3) is 0 Å². The molecule has 98 valence electrons. The van der Waals surface area contributed by atoms with Crippen molar-refractivity contribution < 1.29 is 13.9 Å². The van der Waals surface area contributed by atoms with Crippen molar-refractivity contribution in [2.45, 2.75) is 6.92 Å². The van der Waals surface area contributed by atoms with E-state index in [9.17, 15) is 9.18 Å². The van der Waals surface area contributed by atoms with Crippen molar-refractivity contribution in [2.75, 3.05) is 0 Å². The van der Waals surface area contributed by atoms with Gasteiger partial charge in [0, 0.05) is 6.07 Å². The van der Waals surface area contributed by atoms with Crippen LogP contribution in [0.1, 0.15) is 15.9 Å². The molecule has 0 fully saturated rings. The van der Waals surface area contributed by atoms with E-state index in [0.717, 1.165) is 5.56 Å². The van der Waals surface area contributed by atoms with Crippen LogP contribution in [0, 0.1) is 12.7 Å². The van der Waals surface area contributed by atoms with Crippen LogP contribution >= 0.6 is 27.5 Å². The SMILES string of the molecule is Cc1ccc(Oc2cc(F)c(Cl)cc2Br)c(C=O)c1. The van der Waals surface area contributed by atoms with Gasteiger partial charge in [-0.2, -0.15) is 0 Å². The van der Waals surface area contributed by atoms with Gasteiger partial charge in [0.2, 0.25) is 0 Å². The molecule has 2 rings (SSSR count). The minimum atomic E-state index is -0.584. The summed E-state index contributed by atoms with van der Waals surface area (Å²) in [4.78, 5) is 11.0. The molecular weight excluding hydrogens is 335 g/mol. The van der Waals surface area contributed by atoms with Crippen LogP contribution in [-0.2, 0) is 0 Å².